The van der Waals surface area contributed by atoms with Crippen LogP contribution in [0.15, 0.2) is 18.2 Å². The SMILES string of the molecule is CCC(CO)NCc1c(Cl)cccc1OC. The van der Waals surface area contributed by atoms with Gasteiger partial charge in [-0.1, -0.05) is 24.6 Å². The van der Waals surface area contributed by atoms with Gasteiger partial charge >= 0.3 is 0 Å². The van der Waals surface area contributed by atoms with Crippen LogP contribution in [0.3, 0.4) is 0 Å². The van der Waals surface area contributed by atoms with Gasteiger partial charge in [0.25, 0.3) is 0 Å². The van der Waals surface area contributed by atoms with Crippen LogP contribution in [0.5, 0.6) is 5.75 Å². The van der Waals surface area contributed by atoms with Crippen molar-refractivity contribution in [2.45, 2.75) is 25.9 Å². The highest BCUT2D eigenvalue weighted by atomic mass is 35.5. The Kier molecular flexibility index (Phi) is 5.60. The van der Waals surface area contributed by atoms with E-state index in [0.717, 1.165) is 17.7 Å². The van der Waals surface area contributed by atoms with E-state index in [0.29, 0.717) is 11.6 Å². The Morgan fingerprint density at radius 3 is 2.81 bits per heavy atom. The molecule has 0 bridgehead atoms. The fraction of sp³-hybridized carbons (Fsp3) is 0.500. The smallest absolute Gasteiger partial charge is 0.124 e. The van der Waals surface area contributed by atoms with E-state index in [9.17, 15) is 0 Å². The Morgan fingerprint density at radius 1 is 1.50 bits per heavy atom. The summed E-state index contributed by atoms with van der Waals surface area (Å²) in [6.45, 7) is 2.75. The van der Waals surface area contributed by atoms with Gasteiger partial charge in [-0.15, -0.1) is 0 Å². The fourth-order valence-corrected chi connectivity index (χ4v) is 1.72. The van der Waals surface area contributed by atoms with Gasteiger partial charge in [-0.2, -0.15) is 0 Å². The number of rotatable bonds is 6. The van der Waals surface area contributed by atoms with Crippen LogP contribution in [0, 0.1) is 0 Å². The van der Waals surface area contributed by atoms with Crippen molar-refractivity contribution in [3.63, 3.8) is 0 Å². The van der Waals surface area contributed by atoms with Crippen molar-refractivity contribution < 1.29 is 9.84 Å². The lowest BCUT2D eigenvalue weighted by Gasteiger charge is -2.16. The summed E-state index contributed by atoms with van der Waals surface area (Å²) in [6.07, 6.45) is 0.878. The number of methoxy groups -OCH3 is 1. The molecule has 1 rings (SSSR count). The van der Waals surface area contributed by atoms with Gasteiger partial charge in [0.15, 0.2) is 0 Å². The Bertz CT molecular complexity index is 327. The van der Waals surface area contributed by atoms with Gasteiger partial charge in [-0.05, 0) is 18.6 Å². The summed E-state index contributed by atoms with van der Waals surface area (Å²) in [5.74, 6) is 0.771. The van der Waals surface area contributed by atoms with Gasteiger partial charge in [-0.3, -0.25) is 0 Å². The van der Waals surface area contributed by atoms with E-state index in [1.54, 1.807) is 7.11 Å². The highest BCUT2D eigenvalue weighted by Gasteiger charge is 2.09. The van der Waals surface area contributed by atoms with Crippen LogP contribution in [-0.4, -0.2) is 24.9 Å². The number of ether oxygens (including phenoxy) is 1. The first kappa shape index (κ1) is 13.3. The number of aliphatic hydroxyl groups excluding tert-OH is 1. The number of halogens is 1. The summed E-state index contributed by atoms with van der Waals surface area (Å²) in [6, 6.07) is 5.67. The number of hydrogen-bond acceptors (Lipinski definition) is 3. The molecule has 0 radical (unpaired) electrons. The Hall–Kier alpha value is -0.770. The predicted octanol–water partition coefficient (Wildman–Crippen LogP) is 2.21. The fourth-order valence-electron chi connectivity index (χ4n) is 1.49. The lowest BCUT2D eigenvalue weighted by molar-refractivity contribution is 0.238. The van der Waals surface area contributed by atoms with Gasteiger partial charge in [-0.25, -0.2) is 0 Å². The zero-order chi connectivity index (χ0) is 12.0. The first-order chi connectivity index (χ1) is 7.72. The van der Waals surface area contributed by atoms with E-state index < -0.39 is 0 Å². The lowest BCUT2D eigenvalue weighted by Crippen LogP contribution is -2.31. The number of nitrogens with one attached hydrogen (secondary N) is 1. The van der Waals surface area contributed by atoms with Crippen molar-refractivity contribution in [3.8, 4) is 5.75 Å². The minimum Gasteiger partial charge on any atom is -0.496 e. The summed E-state index contributed by atoms with van der Waals surface area (Å²) in [7, 11) is 1.62. The molecule has 0 aliphatic rings. The summed E-state index contributed by atoms with van der Waals surface area (Å²) in [5, 5.41) is 13.0. The van der Waals surface area contributed by atoms with Crippen LogP contribution in [-0.2, 0) is 6.54 Å². The van der Waals surface area contributed by atoms with Crippen molar-refractivity contribution >= 4 is 11.6 Å². The number of aliphatic hydroxyl groups is 1. The number of benzene rings is 1. The second-order valence-electron chi connectivity index (χ2n) is 3.59. The van der Waals surface area contributed by atoms with Crippen molar-refractivity contribution in [2.24, 2.45) is 0 Å². The van der Waals surface area contributed by atoms with Crippen LogP contribution >= 0.6 is 11.6 Å². The van der Waals surface area contributed by atoms with Crippen LogP contribution in [0.1, 0.15) is 18.9 Å². The lowest BCUT2D eigenvalue weighted by atomic mass is 10.1. The average Bonchev–Trinajstić information content (AvgIpc) is 2.31. The molecule has 1 atom stereocenters. The normalized spacial score (nSPS) is 12.5. The maximum Gasteiger partial charge on any atom is 0.124 e. The van der Waals surface area contributed by atoms with Crippen LogP contribution in [0.2, 0.25) is 5.02 Å². The van der Waals surface area contributed by atoms with E-state index in [1.165, 1.54) is 0 Å². The molecule has 16 heavy (non-hydrogen) atoms. The third-order valence-electron chi connectivity index (χ3n) is 2.58. The average molecular weight is 244 g/mol. The van der Waals surface area contributed by atoms with Gasteiger partial charge in [0.1, 0.15) is 5.75 Å². The minimum absolute atomic E-state index is 0.0981. The molecule has 4 heteroatoms. The van der Waals surface area contributed by atoms with Gasteiger partial charge in [0.05, 0.1) is 13.7 Å². The molecular formula is C12H18ClNO2. The molecule has 0 saturated heterocycles. The molecule has 90 valence electrons. The zero-order valence-corrected chi connectivity index (χ0v) is 10.4. The zero-order valence-electron chi connectivity index (χ0n) is 9.66. The molecule has 0 heterocycles. The predicted molar refractivity (Wildman–Crippen MR) is 66.0 cm³/mol. The second-order valence-corrected chi connectivity index (χ2v) is 4.00. The van der Waals surface area contributed by atoms with Crippen LogP contribution in [0.4, 0.5) is 0 Å². The van der Waals surface area contributed by atoms with Crippen molar-refractivity contribution in [1.82, 2.24) is 5.32 Å². The van der Waals surface area contributed by atoms with Crippen molar-refractivity contribution in [1.29, 1.82) is 0 Å². The van der Waals surface area contributed by atoms with Crippen LogP contribution < -0.4 is 10.1 Å². The molecule has 0 amide bonds. The van der Waals surface area contributed by atoms with E-state index in [4.69, 9.17) is 21.4 Å². The van der Waals surface area contributed by atoms with E-state index in [-0.39, 0.29) is 12.6 Å². The third kappa shape index (κ3) is 3.37. The molecule has 0 saturated carbocycles. The Balaban J connectivity index is 2.72. The Morgan fingerprint density at radius 2 is 2.25 bits per heavy atom. The molecule has 3 nitrogen and oxygen atoms in total. The quantitative estimate of drug-likeness (QED) is 0.805. The molecule has 0 aliphatic carbocycles. The number of hydrogen-bond donors (Lipinski definition) is 2. The van der Waals surface area contributed by atoms with Crippen molar-refractivity contribution in [3.05, 3.63) is 28.8 Å². The van der Waals surface area contributed by atoms with E-state index >= 15 is 0 Å². The standard InChI is InChI=1S/C12H18ClNO2/c1-3-9(8-15)14-7-10-11(13)5-4-6-12(10)16-2/h4-6,9,14-15H,3,7-8H2,1-2H3. The first-order valence-corrected chi connectivity index (χ1v) is 5.76. The highest BCUT2D eigenvalue weighted by Crippen LogP contribution is 2.25. The molecule has 0 spiro atoms. The minimum atomic E-state index is 0.0981. The topological polar surface area (TPSA) is 41.5 Å². The molecule has 1 unspecified atom stereocenters. The maximum atomic E-state index is 9.07. The highest BCUT2D eigenvalue weighted by molar-refractivity contribution is 6.31. The summed E-state index contributed by atoms with van der Waals surface area (Å²) in [5.41, 5.74) is 0.929. The van der Waals surface area contributed by atoms with Gasteiger partial charge < -0.3 is 15.2 Å². The van der Waals surface area contributed by atoms with Gasteiger partial charge in [0, 0.05) is 23.2 Å². The first-order valence-electron chi connectivity index (χ1n) is 5.38. The third-order valence-corrected chi connectivity index (χ3v) is 2.93. The maximum absolute atomic E-state index is 9.07. The molecule has 0 aliphatic heterocycles. The molecule has 1 aromatic rings. The molecule has 0 fully saturated rings. The summed E-state index contributed by atoms with van der Waals surface area (Å²) >= 11 is 6.10. The summed E-state index contributed by atoms with van der Waals surface area (Å²) in [4.78, 5) is 0. The molecule has 1 aromatic carbocycles. The van der Waals surface area contributed by atoms with Gasteiger partial charge in [0.2, 0.25) is 0 Å². The monoisotopic (exact) mass is 243 g/mol. The molecule has 2 N–H and O–H groups in total. The van der Waals surface area contributed by atoms with Crippen LogP contribution in [0.25, 0.3) is 0 Å². The van der Waals surface area contributed by atoms with E-state index in [2.05, 4.69) is 5.32 Å². The second kappa shape index (κ2) is 6.74. The largest absolute Gasteiger partial charge is 0.496 e. The Labute approximate surface area is 101 Å². The molecular weight excluding hydrogens is 226 g/mol. The van der Waals surface area contributed by atoms with Crippen molar-refractivity contribution in [2.75, 3.05) is 13.7 Å². The van der Waals surface area contributed by atoms with E-state index in [1.807, 2.05) is 25.1 Å². The molecule has 0 aromatic heterocycles. The summed E-state index contributed by atoms with van der Waals surface area (Å²) < 4.78 is 5.24.